The van der Waals surface area contributed by atoms with Crippen LogP contribution in [0.4, 0.5) is 0 Å². The number of hydrogen-bond acceptors (Lipinski definition) is 3. The maximum Gasteiger partial charge on any atom is 0.232 e. The monoisotopic (exact) mass is 300 g/mol. The molecule has 0 radical (unpaired) electrons. The Balaban J connectivity index is 1.98. The van der Waals surface area contributed by atoms with Crippen molar-refractivity contribution >= 4 is 11.8 Å². The first-order valence-electron chi connectivity index (χ1n) is 7.65. The van der Waals surface area contributed by atoms with Gasteiger partial charge in [0.25, 0.3) is 0 Å². The first-order chi connectivity index (χ1) is 11.2. The molecule has 2 bridgehead atoms. The third-order valence-corrected chi connectivity index (χ3v) is 5.63. The maximum absolute atomic E-state index is 12.5. The van der Waals surface area contributed by atoms with Gasteiger partial charge in [0.05, 0.1) is 17.9 Å². The summed E-state index contributed by atoms with van der Waals surface area (Å²) in [6, 6.07) is 17.9. The summed E-state index contributed by atoms with van der Waals surface area (Å²) >= 11 is 0. The van der Waals surface area contributed by atoms with Gasteiger partial charge in [0, 0.05) is 5.92 Å². The topological polar surface area (TPSA) is 70.0 Å². The minimum atomic E-state index is -1.08. The van der Waals surface area contributed by atoms with Crippen molar-refractivity contribution in [3.8, 4) is 6.07 Å². The average Bonchev–Trinajstić information content (AvgIpc) is 2.90. The van der Waals surface area contributed by atoms with Gasteiger partial charge in [-0.05, 0) is 22.3 Å². The summed E-state index contributed by atoms with van der Waals surface area (Å²) in [7, 11) is 0. The SMILES string of the molecule is N#CC12c3ccccc3C(c3ccccc31)[C@@H]1C(=O)NC(=O)[C@@H]12. The Morgan fingerprint density at radius 2 is 1.48 bits per heavy atom. The molecule has 1 N–H and O–H groups in total. The smallest absolute Gasteiger partial charge is 0.232 e. The molecule has 3 aliphatic carbocycles. The Labute approximate surface area is 132 Å². The molecule has 1 fully saturated rings. The van der Waals surface area contributed by atoms with Crippen LogP contribution in [0.5, 0.6) is 0 Å². The van der Waals surface area contributed by atoms with E-state index in [1.807, 2.05) is 48.5 Å². The largest absolute Gasteiger partial charge is 0.296 e. The summed E-state index contributed by atoms with van der Waals surface area (Å²) in [5, 5.41) is 12.6. The number of benzene rings is 2. The number of imide groups is 1. The lowest BCUT2D eigenvalue weighted by molar-refractivity contribution is -0.126. The van der Waals surface area contributed by atoms with E-state index in [1.165, 1.54) is 0 Å². The van der Waals surface area contributed by atoms with E-state index in [4.69, 9.17) is 0 Å². The fourth-order valence-corrected chi connectivity index (χ4v) is 4.89. The zero-order valence-electron chi connectivity index (χ0n) is 12.1. The highest BCUT2D eigenvalue weighted by molar-refractivity contribution is 6.08. The van der Waals surface area contributed by atoms with Crippen LogP contribution in [-0.2, 0) is 15.0 Å². The van der Waals surface area contributed by atoms with Gasteiger partial charge in [-0.15, -0.1) is 0 Å². The van der Waals surface area contributed by atoms with Crippen LogP contribution in [0.1, 0.15) is 28.2 Å². The Kier molecular flexibility index (Phi) is 2.12. The van der Waals surface area contributed by atoms with Crippen LogP contribution in [0, 0.1) is 23.2 Å². The summed E-state index contributed by atoms with van der Waals surface area (Å²) in [4.78, 5) is 25.0. The lowest BCUT2D eigenvalue weighted by atomic mass is 9.48. The summed E-state index contributed by atoms with van der Waals surface area (Å²) < 4.78 is 0. The minimum absolute atomic E-state index is 0.158. The molecular formula is C19H12N2O2. The number of carbonyl (C=O) groups excluding carboxylic acids is 2. The van der Waals surface area contributed by atoms with Crippen LogP contribution in [0.25, 0.3) is 0 Å². The van der Waals surface area contributed by atoms with E-state index in [2.05, 4.69) is 11.4 Å². The molecule has 0 unspecified atom stereocenters. The molecule has 0 spiro atoms. The zero-order valence-corrected chi connectivity index (χ0v) is 12.1. The molecule has 4 heteroatoms. The third-order valence-electron chi connectivity index (χ3n) is 5.63. The standard InChI is InChI=1S/C19H12N2O2/c20-9-19-12-7-3-1-5-10(12)14(11-6-2-4-8-13(11)19)15-16(19)18(23)21-17(15)22/h1-8,14-16H,(H,21,22,23)/t14?,15-,16+,19?/m0/s1. The highest BCUT2D eigenvalue weighted by Crippen LogP contribution is 2.62. The van der Waals surface area contributed by atoms with Crippen LogP contribution >= 0.6 is 0 Å². The molecule has 2 amide bonds. The summed E-state index contributed by atoms with van der Waals surface area (Å²) in [6.45, 7) is 0. The molecule has 2 atom stereocenters. The van der Waals surface area contributed by atoms with Gasteiger partial charge in [0.15, 0.2) is 0 Å². The fourth-order valence-electron chi connectivity index (χ4n) is 4.89. The Morgan fingerprint density at radius 3 is 2.04 bits per heavy atom. The number of nitrogens with one attached hydrogen (secondary N) is 1. The van der Waals surface area contributed by atoms with Gasteiger partial charge in [-0.3, -0.25) is 14.9 Å². The zero-order chi connectivity index (χ0) is 15.8. The molecule has 2 aromatic rings. The molecule has 23 heavy (non-hydrogen) atoms. The molecule has 1 heterocycles. The Hall–Kier alpha value is -2.93. The van der Waals surface area contributed by atoms with Crippen molar-refractivity contribution < 1.29 is 9.59 Å². The quantitative estimate of drug-likeness (QED) is 0.755. The second kappa shape index (κ2) is 3.88. The van der Waals surface area contributed by atoms with Crippen LogP contribution in [0.15, 0.2) is 48.5 Å². The summed E-state index contributed by atoms with van der Waals surface area (Å²) in [6.07, 6.45) is 0. The van der Waals surface area contributed by atoms with Gasteiger partial charge in [0.1, 0.15) is 5.41 Å². The van der Waals surface area contributed by atoms with E-state index in [0.29, 0.717) is 0 Å². The molecule has 1 aliphatic heterocycles. The van der Waals surface area contributed by atoms with Crippen LogP contribution in [0.2, 0.25) is 0 Å². The molecule has 2 aromatic carbocycles. The maximum atomic E-state index is 12.5. The van der Waals surface area contributed by atoms with E-state index in [9.17, 15) is 14.9 Å². The van der Waals surface area contributed by atoms with E-state index in [-0.39, 0.29) is 17.7 Å². The first-order valence-corrected chi connectivity index (χ1v) is 7.65. The summed E-state index contributed by atoms with van der Waals surface area (Å²) in [5.41, 5.74) is 2.66. The van der Waals surface area contributed by atoms with Crippen molar-refractivity contribution in [2.24, 2.45) is 11.8 Å². The normalized spacial score (nSPS) is 32.6. The predicted molar refractivity (Wildman–Crippen MR) is 81.2 cm³/mol. The second-order valence-electron chi connectivity index (χ2n) is 6.43. The number of hydrogen-bond donors (Lipinski definition) is 1. The van der Waals surface area contributed by atoms with E-state index >= 15 is 0 Å². The predicted octanol–water partition coefficient (Wildman–Crippen LogP) is 1.84. The van der Waals surface area contributed by atoms with Crippen molar-refractivity contribution in [1.29, 1.82) is 5.26 Å². The lowest BCUT2D eigenvalue weighted by Gasteiger charge is -2.50. The van der Waals surface area contributed by atoms with Gasteiger partial charge in [-0.2, -0.15) is 5.26 Å². The van der Waals surface area contributed by atoms with Crippen LogP contribution in [0.3, 0.4) is 0 Å². The minimum Gasteiger partial charge on any atom is -0.296 e. The van der Waals surface area contributed by atoms with Crippen molar-refractivity contribution in [3.05, 3.63) is 70.8 Å². The van der Waals surface area contributed by atoms with Crippen LogP contribution in [-0.4, -0.2) is 11.8 Å². The number of amides is 2. The average molecular weight is 300 g/mol. The Bertz CT molecular complexity index is 893. The first kappa shape index (κ1) is 12.6. The molecule has 110 valence electrons. The third kappa shape index (κ3) is 1.20. The number of nitriles is 1. The highest BCUT2D eigenvalue weighted by Gasteiger charge is 2.66. The van der Waals surface area contributed by atoms with Crippen molar-refractivity contribution in [2.45, 2.75) is 11.3 Å². The fraction of sp³-hybridized carbons (Fsp3) is 0.211. The molecule has 6 rings (SSSR count). The van der Waals surface area contributed by atoms with Gasteiger partial charge >= 0.3 is 0 Å². The molecule has 0 saturated carbocycles. The molecule has 4 nitrogen and oxygen atoms in total. The van der Waals surface area contributed by atoms with Crippen LogP contribution < -0.4 is 5.32 Å². The van der Waals surface area contributed by atoms with Crippen molar-refractivity contribution in [3.63, 3.8) is 0 Å². The molecule has 4 aliphatic rings. The Morgan fingerprint density at radius 1 is 0.913 bits per heavy atom. The van der Waals surface area contributed by atoms with Gasteiger partial charge in [-0.1, -0.05) is 48.5 Å². The van der Waals surface area contributed by atoms with Gasteiger partial charge < -0.3 is 0 Å². The van der Waals surface area contributed by atoms with E-state index < -0.39 is 17.3 Å². The molecular weight excluding hydrogens is 288 g/mol. The van der Waals surface area contributed by atoms with E-state index in [1.54, 1.807) is 0 Å². The summed E-state index contributed by atoms with van der Waals surface area (Å²) in [5.74, 6) is -1.87. The lowest BCUT2D eigenvalue weighted by Crippen LogP contribution is -2.52. The molecule has 1 saturated heterocycles. The molecule has 0 aromatic heterocycles. The second-order valence-corrected chi connectivity index (χ2v) is 6.43. The van der Waals surface area contributed by atoms with Gasteiger partial charge in [-0.25, -0.2) is 0 Å². The number of rotatable bonds is 0. The van der Waals surface area contributed by atoms with Gasteiger partial charge in [0.2, 0.25) is 11.8 Å². The van der Waals surface area contributed by atoms with Crippen molar-refractivity contribution in [1.82, 2.24) is 5.32 Å². The van der Waals surface area contributed by atoms with Crippen molar-refractivity contribution in [2.75, 3.05) is 0 Å². The van der Waals surface area contributed by atoms with E-state index in [0.717, 1.165) is 22.3 Å². The highest BCUT2D eigenvalue weighted by atomic mass is 16.2. The number of carbonyl (C=O) groups is 2. The number of nitrogens with zero attached hydrogens (tertiary/aromatic N) is 1.